The van der Waals surface area contributed by atoms with Crippen molar-refractivity contribution in [2.24, 2.45) is 0 Å². The highest BCUT2D eigenvalue weighted by Crippen LogP contribution is 2.34. The molecule has 0 aliphatic carbocycles. The molecule has 2 aromatic carbocycles. The molecule has 7 heteroatoms. The number of carbonyl (C=O) groups excluding carboxylic acids is 2. The molecule has 4 rings (SSSR count). The van der Waals surface area contributed by atoms with Crippen LogP contribution in [-0.2, 0) is 4.79 Å². The van der Waals surface area contributed by atoms with Gasteiger partial charge in [0.05, 0.1) is 11.3 Å². The largest absolute Gasteiger partial charge is 0.482 e. The molecule has 0 aromatic heterocycles. The number of anilines is 1. The first-order valence-electron chi connectivity index (χ1n) is 9.35. The number of halogens is 1. The standard InChI is InChI=1S/C21H21ClN2O4/c1-13-19(28-18-7-3-2-6-17(18)27-13)20(25)23-16-9-8-14(22)12-15(16)21(26)24-10-4-5-11-24/h2-3,6-9,12-13,19H,4-5,10-11H2,1H3,(H,23,25). The van der Waals surface area contributed by atoms with Gasteiger partial charge in [-0.15, -0.1) is 0 Å². The van der Waals surface area contributed by atoms with E-state index in [1.165, 1.54) is 0 Å². The van der Waals surface area contributed by atoms with Gasteiger partial charge in [0, 0.05) is 18.1 Å². The fourth-order valence-electron chi connectivity index (χ4n) is 3.50. The second kappa shape index (κ2) is 7.72. The van der Waals surface area contributed by atoms with Gasteiger partial charge in [0.15, 0.2) is 11.5 Å². The molecule has 2 amide bonds. The summed E-state index contributed by atoms with van der Waals surface area (Å²) in [6.07, 6.45) is 0.663. The van der Waals surface area contributed by atoms with Crippen LogP contribution in [0.15, 0.2) is 42.5 Å². The van der Waals surface area contributed by atoms with E-state index in [9.17, 15) is 9.59 Å². The lowest BCUT2D eigenvalue weighted by Gasteiger charge is -2.31. The van der Waals surface area contributed by atoms with Crippen LogP contribution in [0.5, 0.6) is 11.5 Å². The average molecular weight is 401 g/mol. The number of fused-ring (bicyclic) bond motifs is 1. The minimum atomic E-state index is -0.833. The minimum Gasteiger partial charge on any atom is -0.482 e. The van der Waals surface area contributed by atoms with E-state index < -0.39 is 12.2 Å². The quantitative estimate of drug-likeness (QED) is 0.852. The maximum atomic E-state index is 12.9. The summed E-state index contributed by atoms with van der Waals surface area (Å²) in [5.41, 5.74) is 0.800. The molecular weight excluding hydrogens is 380 g/mol. The topological polar surface area (TPSA) is 67.9 Å². The SMILES string of the molecule is CC1Oc2ccccc2OC1C(=O)Nc1ccc(Cl)cc1C(=O)N1CCCC1. The molecule has 0 radical (unpaired) electrons. The van der Waals surface area contributed by atoms with Gasteiger partial charge in [-0.05, 0) is 50.1 Å². The molecule has 6 nitrogen and oxygen atoms in total. The molecule has 1 saturated heterocycles. The van der Waals surface area contributed by atoms with E-state index in [1.54, 1.807) is 42.2 Å². The molecular formula is C21H21ClN2O4. The predicted molar refractivity (Wildman–Crippen MR) is 106 cm³/mol. The van der Waals surface area contributed by atoms with E-state index in [-0.39, 0.29) is 11.8 Å². The van der Waals surface area contributed by atoms with E-state index >= 15 is 0 Å². The van der Waals surface area contributed by atoms with Crippen LogP contribution in [0, 0.1) is 0 Å². The van der Waals surface area contributed by atoms with Gasteiger partial charge >= 0.3 is 0 Å². The Balaban J connectivity index is 1.55. The lowest BCUT2D eigenvalue weighted by atomic mass is 10.1. The van der Waals surface area contributed by atoms with Crippen molar-refractivity contribution in [3.8, 4) is 11.5 Å². The van der Waals surface area contributed by atoms with E-state index in [0.717, 1.165) is 12.8 Å². The molecule has 0 saturated carbocycles. The number of ether oxygens (including phenoxy) is 2. The van der Waals surface area contributed by atoms with Gasteiger partial charge in [-0.25, -0.2) is 0 Å². The number of likely N-dealkylation sites (tertiary alicyclic amines) is 1. The summed E-state index contributed by atoms with van der Waals surface area (Å²) in [4.78, 5) is 27.5. The zero-order chi connectivity index (χ0) is 19.7. The maximum absolute atomic E-state index is 12.9. The Bertz CT molecular complexity index is 911. The smallest absolute Gasteiger partial charge is 0.269 e. The summed E-state index contributed by atoms with van der Waals surface area (Å²) in [5, 5.41) is 3.27. The van der Waals surface area contributed by atoms with Gasteiger partial charge in [-0.2, -0.15) is 0 Å². The summed E-state index contributed by atoms with van der Waals surface area (Å²) in [6, 6.07) is 12.1. The second-order valence-electron chi connectivity index (χ2n) is 6.99. The zero-order valence-corrected chi connectivity index (χ0v) is 16.2. The third-order valence-corrected chi connectivity index (χ3v) is 5.20. The number of benzene rings is 2. The number of para-hydroxylation sites is 2. The lowest BCUT2D eigenvalue weighted by molar-refractivity contribution is -0.128. The third-order valence-electron chi connectivity index (χ3n) is 4.96. The summed E-state index contributed by atoms with van der Waals surface area (Å²) in [6.45, 7) is 3.20. The zero-order valence-electron chi connectivity index (χ0n) is 15.5. The molecule has 2 aromatic rings. The molecule has 1 N–H and O–H groups in total. The van der Waals surface area contributed by atoms with Crippen molar-refractivity contribution in [1.82, 2.24) is 4.90 Å². The van der Waals surface area contributed by atoms with Crippen molar-refractivity contribution in [3.05, 3.63) is 53.1 Å². The van der Waals surface area contributed by atoms with Crippen LogP contribution in [0.4, 0.5) is 5.69 Å². The van der Waals surface area contributed by atoms with Gasteiger partial charge < -0.3 is 19.7 Å². The molecule has 0 spiro atoms. The van der Waals surface area contributed by atoms with Crippen molar-refractivity contribution in [1.29, 1.82) is 0 Å². The molecule has 28 heavy (non-hydrogen) atoms. The molecule has 0 bridgehead atoms. The van der Waals surface area contributed by atoms with E-state index in [0.29, 0.717) is 40.9 Å². The van der Waals surface area contributed by atoms with Gasteiger partial charge in [0.25, 0.3) is 11.8 Å². The average Bonchev–Trinajstić information content (AvgIpc) is 3.23. The Hall–Kier alpha value is -2.73. The first kappa shape index (κ1) is 18.6. The Labute approximate surface area is 168 Å². The minimum absolute atomic E-state index is 0.130. The van der Waals surface area contributed by atoms with Crippen LogP contribution in [-0.4, -0.2) is 42.0 Å². The molecule has 2 aliphatic heterocycles. The van der Waals surface area contributed by atoms with Crippen LogP contribution in [0.1, 0.15) is 30.1 Å². The fraction of sp³-hybridized carbons (Fsp3) is 0.333. The van der Waals surface area contributed by atoms with Crippen molar-refractivity contribution in [2.45, 2.75) is 32.0 Å². The van der Waals surface area contributed by atoms with Crippen LogP contribution < -0.4 is 14.8 Å². The van der Waals surface area contributed by atoms with Crippen LogP contribution in [0.25, 0.3) is 0 Å². The number of carbonyl (C=O) groups is 2. The fourth-order valence-corrected chi connectivity index (χ4v) is 3.68. The number of nitrogens with zero attached hydrogens (tertiary/aromatic N) is 1. The van der Waals surface area contributed by atoms with Crippen molar-refractivity contribution in [3.63, 3.8) is 0 Å². The highest BCUT2D eigenvalue weighted by Gasteiger charge is 2.35. The number of amides is 2. The van der Waals surface area contributed by atoms with Gasteiger partial charge in [0.1, 0.15) is 6.10 Å². The van der Waals surface area contributed by atoms with Crippen molar-refractivity contribution in [2.75, 3.05) is 18.4 Å². The number of rotatable bonds is 3. The number of hydrogen-bond donors (Lipinski definition) is 1. The van der Waals surface area contributed by atoms with Crippen molar-refractivity contribution < 1.29 is 19.1 Å². The molecule has 2 unspecified atom stereocenters. The van der Waals surface area contributed by atoms with Gasteiger partial charge in [-0.3, -0.25) is 9.59 Å². The molecule has 2 heterocycles. The van der Waals surface area contributed by atoms with E-state index in [1.807, 2.05) is 12.1 Å². The van der Waals surface area contributed by atoms with Crippen LogP contribution in [0.3, 0.4) is 0 Å². The predicted octanol–water partition coefficient (Wildman–Crippen LogP) is 3.74. The van der Waals surface area contributed by atoms with Gasteiger partial charge in [0.2, 0.25) is 6.10 Å². The normalized spacial score (nSPS) is 20.7. The summed E-state index contributed by atoms with van der Waals surface area (Å²) in [7, 11) is 0. The van der Waals surface area contributed by atoms with Crippen LogP contribution in [0.2, 0.25) is 5.02 Å². The summed E-state index contributed by atoms with van der Waals surface area (Å²) >= 11 is 6.10. The Morgan fingerprint density at radius 1 is 1.07 bits per heavy atom. The summed E-state index contributed by atoms with van der Waals surface area (Å²) in [5.74, 6) is 0.620. The summed E-state index contributed by atoms with van der Waals surface area (Å²) < 4.78 is 11.6. The molecule has 2 aliphatic rings. The first-order valence-corrected chi connectivity index (χ1v) is 9.73. The highest BCUT2D eigenvalue weighted by molar-refractivity contribution is 6.31. The lowest BCUT2D eigenvalue weighted by Crippen LogP contribution is -2.46. The monoisotopic (exact) mass is 400 g/mol. The Morgan fingerprint density at radius 3 is 2.46 bits per heavy atom. The number of hydrogen-bond acceptors (Lipinski definition) is 4. The third kappa shape index (κ3) is 3.64. The Kier molecular flexibility index (Phi) is 5.13. The Morgan fingerprint density at radius 2 is 1.75 bits per heavy atom. The maximum Gasteiger partial charge on any atom is 0.269 e. The van der Waals surface area contributed by atoms with Gasteiger partial charge in [-0.1, -0.05) is 23.7 Å². The first-order chi connectivity index (χ1) is 13.5. The second-order valence-corrected chi connectivity index (χ2v) is 7.42. The molecule has 2 atom stereocenters. The number of nitrogens with one attached hydrogen (secondary N) is 1. The van der Waals surface area contributed by atoms with Crippen molar-refractivity contribution >= 4 is 29.1 Å². The van der Waals surface area contributed by atoms with E-state index in [2.05, 4.69) is 5.32 Å². The van der Waals surface area contributed by atoms with Crippen LogP contribution >= 0.6 is 11.6 Å². The molecule has 146 valence electrons. The van der Waals surface area contributed by atoms with E-state index in [4.69, 9.17) is 21.1 Å². The molecule has 1 fully saturated rings. The highest BCUT2D eigenvalue weighted by atomic mass is 35.5.